The Labute approximate surface area is 122 Å². The molecule has 0 aliphatic heterocycles. The minimum Gasteiger partial charge on any atom is -0.481 e. The number of aromatic nitrogens is 2. The van der Waals surface area contributed by atoms with Crippen LogP contribution in [-0.4, -0.2) is 9.78 Å². The van der Waals surface area contributed by atoms with Crippen LogP contribution in [0.25, 0.3) is 0 Å². The van der Waals surface area contributed by atoms with Gasteiger partial charge < -0.3 is 10.5 Å². The highest BCUT2D eigenvalue weighted by Crippen LogP contribution is 2.24. The van der Waals surface area contributed by atoms with E-state index in [1.54, 1.807) is 4.68 Å². The van der Waals surface area contributed by atoms with Gasteiger partial charge in [-0.25, -0.2) is 8.78 Å². The lowest BCUT2D eigenvalue weighted by Crippen LogP contribution is -2.08. The van der Waals surface area contributed by atoms with Gasteiger partial charge in [-0.2, -0.15) is 5.10 Å². The first-order valence-electron chi connectivity index (χ1n) is 6.95. The van der Waals surface area contributed by atoms with Crippen LogP contribution in [0.2, 0.25) is 0 Å². The van der Waals surface area contributed by atoms with Crippen molar-refractivity contribution in [3.8, 4) is 5.75 Å². The van der Waals surface area contributed by atoms with Gasteiger partial charge >= 0.3 is 0 Å². The molecule has 0 amide bonds. The molecule has 2 aromatic rings. The molecule has 0 aliphatic rings. The predicted molar refractivity (Wildman–Crippen MR) is 75.9 cm³/mol. The number of nitrogens with two attached hydrogens (primary N) is 1. The Bertz CT molecular complexity index is 602. The summed E-state index contributed by atoms with van der Waals surface area (Å²) in [4.78, 5) is 0. The Morgan fingerprint density at radius 2 is 1.86 bits per heavy atom. The van der Waals surface area contributed by atoms with Gasteiger partial charge in [0.05, 0.1) is 11.4 Å². The van der Waals surface area contributed by atoms with Crippen LogP contribution in [-0.2, 0) is 26.1 Å². The van der Waals surface area contributed by atoms with Crippen molar-refractivity contribution in [2.75, 3.05) is 0 Å². The third kappa shape index (κ3) is 3.39. The minimum atomic E-state index is -0.742. The lowest BCUT2D eigenvalue weighted by atomic mass is 10.2. The van der Waals surface area contributed by atoms with Gasteiger partial charge in [0.15, 0.2) is 17.4 Å². The number of rotatable bonds is 6. The van der Waals surface area contributed by atoms with E-state index in [2.05, 4.69) is 5.10 Å². The summed E-state index contributed by atoms with van der Waals surface area (Å²) in [7, 11) is 0. The SMILES string of the molecule is CCc1cc(COc2c(F)cc(CN)cc2F)n(CC)n1. The van der Waals surface area contributed by atoms with Crippen molar-refractivity contribution in [3.05, 3.63) is 46.8 Å². The topological polar surface area (TPSA) is 53.1 Å². The zero-order valence-electron chi connectivity index (χ0n) is 12.2. The summed E-state index contributed by atoms with van der Waals surface area (Å²) in [6.45, 7) is 4.77. The fourth-order valence-corrected chi connectivity index (χ4v) is 2.09. The zero-order chi connectivity index (χ0) is 15.4. The third-order valence-corrected chi connectivity index (χ3v) is 3.23. The molecule has 6 heteroatoms. The van der Waals surface area contributed by atoms with Gasteiger partial charge in [-0.15, -0.1) is 0 Å². The molecule has 1 aromatic carbocycles. The molecule has 0 unspecified atom stereocenters. The molecule has 1 aromatic heterocycles. The second-order valence-corrected chi connectivity index (χ2v) is 4.68. The van der Waals surface area contributed by atoms with Crippen LogP contribution >= 0.6 is 0 Å². The molecule has 1 heterocycles. The minimum absolute atomic E-state index is 0.0661. The van der Waals surface area contributed by atoms with Crippen LogP contribution in [0.4, 0.5) is 8.78 Å². The molecule has 0 spiro atoms. The summed E-state index contributed by atoms with van der Waals surface area (Å²) in [6, 6.07) is 4.26. The van der Waals surface area contributed by atoms with Gasteiger partial charge in [0.25, 0.3) is 0 Å². The lowest BCUT2D eigenvalue weighted by molar-refractivity contribution is 0.263. The molecule has 4 nitrogen and oxygen atoms in total. The second-order valence-electron chi connectivity index (χ2n) is 4.68. The maximum Gasteiger partial charge on any atom is 0.191 e. The number of aryl methyl sites for hydroxylation is 2. The van der Waals surface area contributed by atoms with E-state index in [9.17, 15) is 8.78 Å². The number of hydrogen-bond donors (Lipinski definition) is 1. The summed E-state index contributed by atoms with van der Waals surface area (Å²) in [5, 5.41) is 4.36. The molecular formula is C15H19F2N3O. The number of ether oxygens (including phenoxy) is 1. The van der Waals surface area contributed by atoms with Crippen molar-refractivity contribution >= 4 is 0 Å². The van der Waals surface area contributed by atoms with E-state index in [-0.39, 0.29) is 18.9 Å². The normalized spacial score (nSPS) is 10.9. The highest BCUT2D eigenvalue weighted by atomic mass is 19.1. The zero-order valence-corrected chi connectivity index (χ0v) is 12.2. The van der Waals surface area contributed by atoms with Crippen LogP contribution in [0.1, 0.15) is 30.8 Å². The van der Waals surface area contributed by atoms with Gasteiger partial charge in [0.2, 0.25) is 0 Å². The van der Waals surface area contributed by atoms with Crippen LogP contribution in [0, 0.1) is 11.6 Å². The highest BCUT2D eigenvalue weighted by molar-refractivity contribution is 5.31. The quantitative estimate of drug-likeness (QED) is 0.891. The van der Waals surface area contributed by atoms with E-state index in [4.69, 9.17) is 10.5 Å². The van der Waals surface area contributed by atoms with Gasteiger partial charge in [0.1, 0.15) is 6.61 Å². The third-order valence-electron chi connectivity index (χ3n) is 3.23. The first-order valence-corrected chi connectivity index (χ1v) is 6.95. The summed E-state index contributed by atoms with van der Waals surface area (Å²) in [5.41, 5.74) is 7.48. The van der Waals surface area contributed by atoms with Crippen LogP contribution in [0.3, 0.4) is 0 Å². The number of nitrogens with zero attached hydrogens (tertiary/aromatic N) is 2. The second kappa shape index (κ2) is 6.67. The molecule has 2 N–H and O–H groups in total. The van der Waals surface area contributed by atoms with Crippen molar-refractivity contribution in [2.45, 2.75) is 40.0 Å². The number of hydrogen-bond acceptors (Lipinski definition) is 3. The van der Waals surface area contributed by atoms with Crippen molar-refractivity contribution in [2.24, 2.45) is 5.73 Å². The smallest absolute Gasteiger partial charge is 0.191 e. The maximum absolute atomic E-state index is 13.8. The average Bonchev–Trinajstić information content (AvgIpc) is 2.88. The fraction of sp³-hybridized carbons (Fsp3) is 0.400. The van der Waals surface area contributed by atoms with E-state index in [1.165, 1.54) is 12.1 Å². The first kappa shape index (κ1) is 15.4. The van der Waals surface area contributed by atoms with E-state index >= 15 is 0 Å². The summed E-state index contributed by atoms with van der Waals surface area (Å²) in [5.74, 6) is -1.86. The molecule has 0 radical (unpaired) electrons. The molecule has 21 heavy (non-hydrogen) atoms. The van der Waals surface area contributed by atoms with Crippen molar-refractivity contribution in [3.63, 3.8) is 0 Å². The van der Waals surface area contributed by atoms with Crippen molar-refractivity contribution in [1.29, 1.82) is 0 Å². The molecule has 114 valence electrons. The Balaban J connectivity index is 2.18. The molecule has 0 fully saturated rings. The number of benzene rings is 1. The Hall–Kier alpha value is -1.95. The van der Waals surface area contributed by atoms with Gasteiger partial charge in [-0.1, -0.05) is 6.92 Å². The monoisotopic (exact) mass is 295 g/mol. The van der Waals surface area contributed by atoms with Gasteiger partial charge in [-0.3, -0.25) is 4.68 Å². The largest absolute Gasteiger partial charge is 0.481 e. The Kier molecular flexibility index (Phi) is 4.90. The maximum atomic E-state index is 13.8. The summed E-state index contributed by atoms with van der Waals surface area (Å²) >= 11 is 0. The lowest BCUT2D eigenvalue weighted by Gasteiger charge is -2.10. The van der Waals surface area contributed by atoms with E-state index in [1.807, 2.05) is 19.9 Å². The van der Waals surface area contributed by atoms with Crippen LogP contribution < -0.4 is 10.5 Å². The number of halogens is 2. The average molecular weight is 295 g/mol. The van der Waals surface area contributed by atoms with E-state index in [0.29, 0.717) is 12.1 Å². The first-order chi connectivity index (χ1) is 10.1. The van der Waals surface area contributed by atoms with Gasteiger partial charge in [-0.05, 0) is 37.1 Å². The van der Waals surface area contributed by atoms with Gasteiger partial charge in [0, 0.05) is 13.1 Å². The van der Waals surface area contributed by atoms with Crippen LogP contribution in [0.15, 0.2) is 18.2 Å². The molecule has 0 bridgehead atoms. The molecule has 0 atom stereocenters. The molecule has 0 aliphatic carbocycles. The fourth-order valence-electron chi connectivity index (χ4n) is 2.09. The molecule has 0 saturated heterocycles. The van der Waals surface area contributed by atoms with Crippen molar-refractivity contribution < 1.29 is 13.5 Å². The van der Waals surface area contributed by atoms with Crippen molar-refractivity contribution in [1.82, 2.24) is 9.78 Å². The van der Waals surface area contributed by atoms with Crippen LogP contribution in [0.5, 0.6) is 5.75 Å². The predicted octanol–water partition coefficient (Wildman–Crippen LogP) is 2.78. The van der Waals surface area contributed by atoms with E-state index in [0.717, 1.165) is 17.8 Å². The Morgan fingerprint density at radius 3 is 2.38 bits per heavy atom. The summed E-state index contributed by atoms with van der Waals surface area (Å²) in [6.07, 6.45) is 0.800. The standard InChI is InChI=1S/C15H19F2N3O/c1-3-11-7-12(20(4-2)19-11)9-21-15-13(16)5-10(8-18)6-14(15)17/h5-7H,3-4,8-9,18H2,1-2H3. The van der Waals surface area contributed by atoms with E-state index < -0.39 is 11.6 Å². The molecule has 0 saturated carbocycles. The Morgan fingerprint density at radius 1 is 1.19 bits per heavy atom. The molecular weight excluding hydrogens is 276 g/mol. The molecule has 2 rings (SSSR count). The summed E-state index contributed by atoms with van der Waals surface area (Å²) < 4.78 is 34.7. The highest BCUT2D eigenvalue weighted by Gasteiger charge is 2.14.